The van der Waals surface area contributed by atoms with Crippen molar-refractivity contribution in [2.75, 3.05) is 7.11 Å². The second-order valence-corrected chi connectivity index (χ2v) is 6.87. The molecule has 0 aliphatic heterocycles. The smallest absolute Gasteiger partial charge is 0.275 e. The molecule has 0 atom stereocenters. The Morgan fingerprint density at radius 1 is 1.12 bits per heavy atom. The van der Waals surface area contributed by atoms with Crippen LogP contribution in [-0.2, 0) is 13.2 Å². The quantitative estimate of drug-likeness (QED) is 0.685. The number of aryl methyl sites for hydroxylation is 1. The van der Waals surface area contributed by atoms with Gasteiger partial charge < -0.3 is 4.74 Å². The Balaban J connectivity index is 1.67. The van der Waals surface area contributed by atoms with Gasteiger partial charge in [-0.1, -0.05) is 36.4 Å². The van der Waals surface area contributed by atoms with Crippen LogP contribution in [0.25, 0.3) is 10.8 Å². The lowest BCUT2D eigenvalue weighted by Gasteiger charge is -2.23. The predicted octanol–water partition coefficient (Wildman–Crippen LogP) is 3.34. The summed E-state index contributed by atoms with van der Waals surface area (Å²) in [6, 6.07) is 16.2. The third-order valence-electron chi connectivity index (χ3n) is 5.00. The average Bonchev–Trinajstić information content (AvgIpc) is 3.51. The molecule has 4 rings (SSSR count). The maximum absolute atomic E-state index is 12.9. The van der Waals surface area contributed by atoms with Crippen molar-refractivity contribution in [2.24, 2.45) is 0 Å². The van der Waals surface area contributed by atoms with Crippen LogP contribution in [0, 0.1) is 6.92 Å². The Labute approximate surface area is 152 Å². The highest BCUT2D eigenvalue weighted by atomic mass is 16.5. The highest BCUT2D eigenvalue weighted by molar-refractivity contribution is 5.83. The van der Waals surface area contributed by atoms with E-state index < -0.39 is 0 Å². The first-order valence-corrected chi connectivity index (χ1v) is 9.00. The zero-order chi connectivity index (χ0) is 18.1. The fourth-order valence-electron chi connectivity index (χ4n) is 3.46. The largest absolute Gasteiger partial charge is 0.496 e. The number of aromatic nitrogens is 2. The molecule has 0 spiro atoms. The minimum absolute atomic E-state index is 0.0307. The molecule has 1 saturated carbocycles. The van der Waals surface area contributed by atoms with Crippen LogP contribution in [0.3, 0.4) is 0 Å². The number of hydrogen-bond donors (Lipinski definition) is 0. The Morgan fingerprint density at radius 2 is 1.81 bits per heavy atom. The van der Waals surface area contributed by atoms with Gasteiger partial charge in [-0.3, -0.25) is 9.69 Å². The normalized spacial score (nSPS) is 14.1. The van der Waals surface area contributed by atoms with Crippen LogP contribution in [0.5, 0.6) is 5.75 Å². The summed E-state index contributed by atoms with van der Waals surface area (Å²) in [7, 11) is 1.69. The van der Waals surface area contributed by atoms with Gasteiger partial charge in [0.05, 0.1) is 24.9 Å². The van der Waals surface area contributed by atoms with Gasteiger partial charge in [0.2, 0.25) is 0 Å². The third-order valence-corrected chi connectivity index (χ3v) is 5.00. The molecule has 26 heavy (non-hydrogen) atoms. The zero-order valence-corrected chi connectivity index (χ0v) is 15.2. The summed E-state index contributed by atoms with van der Waals surface area (Å²) >= 11 is 0. The lowest BCUT2D eigenvalue weighted by Crippen LogP contribution is -2.35. The average molecular weight is 349 g/mol. The van der Waals surface area contributed by atoms with E-state index in [0.29, 0.717) is 12.7 Å². The Hall–Kier alpha value is -2.66. The van der Waals surface area contributed by atoms with Crippen LogP contribution in [0.2, 0.25) is 0 Å². The summed E-state index contributed by atoms with van der Waals surface area (Å²) < 4.78 is 7.09. The van der Waals surface area contributed by atoms with Crippen LogP contribution >= 0.6 is 0 Å². The van der Waals surface area contributed by atoms with Gasteiger partial charge in [0.15, 0.2) is 0 Å². The Bertz CT molecular complexity index is 992. The van der Waals surface area contributed by atoms with Crippen molar-refractivity contribution in [2.45, 2.75) is 39.0 Å². The summed E-state index contributed by atoms with van der Waals surface area (Å²) in [4.78, 5) is 15.2. The van der Waals surface area contributed by atoms with Crippen LogP contribution in [-0.4, -0.2) is 27.8 Å². The first kappa shape index (κ1) is 16.8. The molecule has 1 aliphatic carbocycles. The van der Waals surface area contributed by atoms with Crippen LogP contribution in [0.1, 0.15) is 24.1 Å². The van der Waals surface area contributed by atoms with E-state index in [1.54, 1.807) is 11.8 Å². The summed E-state index contributed by atoms with van der Waals surface area (Å²) in [6.07, 6.45) is 2.33. The van der Waals surface area contributed by atoms with E-state index in [2.05, 4.69) is 16.1 Å². The van der Waals surface area contributed by atoms with Crippen molar-refractivity contribution in [3.63, 3.8) is 0 Å². The molecule has 0 amide bonds. The minimum atomic E-state index is -0.0307. The van der Waals surface area contributed by atoms with Gasteiger partial charge in [-0.2, -0.15) is 5.10 Å². The molecule has 0 N–H and O–H groups in total. The molecular weight excluding hydrogens is 326 g/mol. The highest BCUT2D eigenvalue weighted by Crippen LogP contribution is 2.30. The molecule has 0 bridgehead atoms. The van der Waals surface area contributed by atoms with Gasteiger partial charge in [-0.05, 0) is 31.9 Å². The second-order valence-electron chi connectivity index (χ2n) is 6.87. The van der Waals surface area contributed by atoms with Crippen molar-refractivity contribution in [3.05, 3.63) is 70.1 Å². The molecule has 0 saturated heterocycles. The summed E-state index contributed by atoms with van der Waals surface area (Å²) in [6.45, 7) is 3.20. The number of nitrogens with zero attached hydrogens (tertiary/aromatic N) is 3. The molecule has 1 aromatic heterocycles. The lowest BCUT2D eigenvalue weighted by atomic mass is 10.1. The van der Waals surface area contributed by atoms with Crippen LogP contribution in [0.4, 0.5) is 0 Å². The van der Waals surface area contributed by atoms with Crippen molar-refractivity contribution >= 4 is 10.8 Å². The second kappa shape index (κ2) is 6.92. The SMILES string of the molecule is COc1ccccc1CN(Cn1nc(C)c2ccccc2c1=O)C1CC1. The van der Waals surface area contributed by atoms with Gasteiger partial charge >= 0.3 is 0 Å². The van der Waals surface area contributed by atoms with Crippen molar-refractivity contribution < 1.29 is 4.74 Å². The Kier molecular flexibility index (Phi) is 4.47. The van der Waals surface area contributed by atoms with Crippen molar-refractivity contribution in [1.29, 1.82) is 0 Å². The molecular formula is C21H23N3O2. The van der Waals surface area contributed by atoms with Gasteiger partial charge in [0.25, 0.3) is 5.56 Å². The predicted molar refractivity (Wildman–Crippen MR) is 102 cm³/mol. The summed E-state index contributed by atoms with van der Waals surface area (Å²) in [5, 5.41) is 6.22. The Morgan fingerprint density at radius 3 is 2.54 bits per heavy atom. The third kappa shape index (κ3) is 3.22. The van der Waals surface area contributed by atoms with E-state index in [-0.39, 0.29) is 5.56 Å². The number of methoxy groups -OCH3 is 1. The molecule has 0 unspecified atom stereocenters. The summed E-state index contributed by atoms with van der Waals surface area (Å²) in [5.74, 6) is 0.883. The fraction of sp³-hybridized carbons (Fsp3) is 0.333. The minimum Gasteiger partial charge on any atom is -0.496 e. The van der Waals surface area contributed by atoms with Gasteiger partial charge in [-0.25, -0.2) is 4.68 Å². The topological polar surface area (TPSA) is 47.4 Å². The molecule has 0 radical (unpaired) electrons. The molecule has 134 valence electrons. The van der Waals surface area contributed by atoms with E-state index in [1.165, 1.54) is 0 Å². The van der Waals surface area contributed by atoms with Crippen molar-refractivity contribution in [3.8, 4) is 5.75 Å². The lowest BCUT2D eigenvalue weighted by molar-refractivity contribution is 0.182. The molecule has 1 aliphatic rings. The van der Waals surface area contributed by atoms with Gasteiger partial charge in [-0.15, -0.1) is 0 Å². The number of ether oxygens (including phenoxy) is 1. The van der Waals surface area contributed by atoms with Gasteiger partial charge in [0.1, 0.15) is 5.75 Å². The number of fused-ring (bicyclic) bond motifs is 1. The van der Waals surface area contributed by atoms with Crippen molar-refractivity contribution in [1.82, 2.24) is 14.7 Å². The van der Waals surface area contributed by atoms with E-state index in [1.807, 2.05) is 49.4 Å². The number of hydrogen-bond acceptors (Lipinski definition) is 4. The maximum atomic E-state index is 12.9. The molecule has 5 heteroatoms. The highest BCUT2D eigenvalue weighted by Gasteiger charge is 2.30. The molecule has 3 aromatic rings. The van der Waals surface area contributed by atoms with E-state index in [9.17, 15) is 4.79 Å². The zero-order valence-electron chi connectivity index (χ0n) is 15.2. The van der Waals surface area contributed by atoms with E-state index >= 15 is 0 Å². The number of rotatable bonds is 6. The van der Waals surface area contributed by atoms with Crippen LogP contribution in [0.15, 0.2) is 53.3 Å². The number of para-hydroxylation sites is 1. The summed E-state index contributed by atoms with van der Waals surface area (Å²) in [5.41, 5.74) is 1.98. The molecule has 1 heterocycles. The van der Waals surface area contributed by atoms with Gasteiger partial charge in [0, 0.05) is 23.5 Å². The molecule has 5 nitrogen and oxygen atoms in total. The van der Waals surface area contributed by atoms with E-state index in [4.69, 9.17) is 4.74 Å². The fourth-order valence-corrected chi connectivity index (χ4v) is 3.46. The number of benzene rings is 2. The first-order chi connectivity index (χ1) is 12.7. The monoisotopic (exact) mass is 349 g/mol. The molecule has 1 fully saturated rings. The molecule has 2 aromatic carbocycles. The van der Waals surface area contributed by atoms with Crippen LogP contribution < -0.4 is 10.3 Å². The maximum Gasteiger partial charge on any atom is 0.275 e. The standard InChI is InChI=1S/C21H23N3O2/c1-15-18-8-4-5-9-19(18)21(25)24(22-15)14-23(17-11-12-17)13-16-7-3-6-10-20(16)26-2/h3-10,17H,11-14H2,1-2H3. The van der Waals surface area contributed by atoms with E-state index in [0.717, 1.165) is 47.2 Å². The first-order valence-electron chi connectivity index (χ1n) is 9.00.